The van der Waals surface area contributed by atoms with Gasteiger partial charge in [-0.2, -0.15) is 0 Å². The molecule has 1 saturated heterocycles. The number of aryl methyl sites for hydroxylation is 1. The van der Waals surface area contributed by atoms with Crippen molar-refractivity contribution in [1.29, 1.82) is 0 Å². The Morgan fingerprint density at radius 2 is 1.82 bits per heavy atom. The molecule has 2 aromatic rings. The summed E-state index contributed by atoms with van der Waals surface area (Å²) >= 11 is 0. The van der Waals surface area contributed by atoms with Gasteiger partial charge in [0.1, 0.15) is 0 Å². The van der Waals surface area contributed by atoms with Gasteiger partial charge in [0, 0.05) is 31.7 Å². The standard InChI is InChI=1S/C23H28N2O3/c26-21(18-6-8-20-17(16-18)7-9-22(27)24-20)10-13-25-14-11-23(28,12-15-25)19-4-2-1-3-5-19/h1-6,8,16,21,26,28H,7,9-15H2,(H,24,27). The van der Waals surface area contributed by atoms with Crippen molar-refractivity contribution < 1.29 is 15.0 Å². The van der Waals surface area contributed by atoms with Gasteiger partial charge < -0.3 is 20.4 Å². The molecule has 2 heterocycles. The molecule has 2 aliphatic rings. The van der Waals surface area contributed by atoms with Gasteiger partial charge in [-0.05, 0) is 48.4 Å². The minimum Gasteiger partial charge on any atom is -0.388 e. The molecule has 0 bridgehead atoms. The highest BCUT2D eigenvalue weighted by molar-refractivity contribution is 5.93. The number of likely N-dealkylation sites (tertiary alicyclic amines) is 1. The third kappa shape index (κ3) is 4.12. The number of aliphatic hydroxyl groups is 2. The lowest BCUT2D eigenvalue weighted by molar-refractivity contribution is -0.116. The van der Waals surface area contributed by atoms with E-state index in [-0.39, 0.29) is 5.91 Å². The Kier molecular flexibility index (Phi) is 5.49. The summed E-state index contributed by atoms with van der Waals surface area (Å²) in [5.74, 6) is 0.0568. The van der Waals surface area contributed by atoms with E-state index in [0.29, 0.717) is 25.7 Å². The fraction of sp³-hybridized carbons (Fsp3) is 0.435. The van der Waals surface area contributed by atoms with Gasteiger partial charge >= 0.3 is 0 Å². The van der Waals surface area contributed by atoms with E-state index < -0.39 is 11.7 Å². The number of nitrogens with one attached hydrogen (secondary N) is 1. The van der Waals surface area contributed by atoms with Crippen molar-refractivity contribution >= 4 is 11.6 Å². The van der Waals surface area contributed by atoms with Crippen LogP contribution >= 0.6 is 0 Å². The molecule has 4 rings (SSSR count). The van der Waals surface area contributed by atoms with Crippen molar-refractivity contribution in [2.75, 3.05) is 25.0 Å². The maximum absolute atomic E-state index is 11.5. The number of fused-ring (bicyclic) bond motifs is 1. The Balaban J connectivity index is 1.30. The zero-order valence-corrected chi connectivity index (χ0v) is 16.1. The first kappa shape index (κ1) is 19.1. The normalized spacial score (nSPS) is 20.3. The van der Waals surface area contributed by atoms with E-state index in [1.54, 1.807) is 0 Å². The second-order valence-corrected chi connectivity index (χ2v) is 8.01. The molecule has 0 aliphatic carbocycles. The molecule has 2 aliphatic heterocycles. The number of piperidine rings is 1. The summed E-state index contributed by atoms with van der Waals surface area (Å²) in [6, 6.07) is 15.7. The summed E-state index contributed by atoms with van der Waals surface area (Å²) in [6.07, 6.45) is 2.81. The smallest absolute Gasteiger partial charge is 0.224 e. The zero-order valence-electron chi connectivity index (χ0n) is 16.1. The largest absolute Gasteiger partial charge is 0.388 e. The highest BCUT2D eigenvalue weighted by atomic mass is 16.3. The Hall–Kier alpha value is -2.21. The van der Waals surface area contributed by atoms with Gasteiger partial charge in [0.25, 0.3) is 0 Å². The van der Waals surface area contributed by atoms with E-state index in [4.69, 9.17) is 0 Å². The van der Waals surface area contributed by atoms with Crippen molar-refractivity contribution in [3.05, 3.63) is 65.2 Å². The number of nitrogens with zero attached hydrogens (tertiary/aromatic N) is 1. The highest BCUT2D eigenvalue weighted by Crippen LogP contribution is 2.33. The third-order valence-electron chi connectivity index (χ3n) is 6.12. The number of carbonyl (C=O) groups excluding carboxylic acids is 1. The Morgan fingerprint density at radius 1 is 1.07 bits per heavy atom. The Morgan fingerprint density at radius 3 is 2.57 bits per heavy atom. The zero-order chi connectivity index (χ0) is 19.6. The summed E-state index contributed by atoms with van der Waals surface area (Å²) < 4.78 is 0. The van der Waals surface area contributed by atoms with Crippen molar-refractivity contribution in [2.45, 2.75) is 43.8 Å². The van der Waals surface area contributed by atoms with Crippen LogP contribution in [0.3, 0.4) is 0 Å². The number of aliphatic hydroxyl groups excluding tert-OH is 1. The lowest BCUT2D eigenvalue weighted by atomic mass is 9.84. The minimum absolute atomic E-state index is 0.0568. The topological polar surface area (TPSA) is 72.8 Å². The van der Waals surface area contributed by atoms with Crippen LogP contribution in [0, 0.1) is 0 Å². The van der Waals surface area contributed by atoms with E-state index in [1.165, 1.54) is 0 Å². The molecule has 28 heavy (non-hydrogen) atoms. The summed E-state index contributed by atoms with van der Waals surface area (Å²) in [4.78, 5) is 13.8. The molecule has 3 N–H and O–H groups in total. The molecule has 0 aromatic heterocycles. The maximum Gasteiger partial charge on any atom is 0.224 e. The first-order chi connectivity index (χ1) is 13.5. The first-order valence-electron chi connectivity index (χ1n) is 10.1. The number of hydrogen-bond acceptors (Lipinski definition) is 4. The van der Waals surface area contributed by atoms with Gasteiger partial charge in [-0.1, -0.05) is 42.5 Å². The first-order valence-corrected chi connectivity index (χ1v) is 10.1. The molecule has 0 saturated carbocycles. The molecule has 0 spiro atoms. The molecule has 1 unspecified atom stereocenters. The van der Waals surface area contributed by atoms with Crippen LogP contribution in [-0.4, -0.2) is 40.7 Å². The van der Waals surface area contributed by atoms with E-state index in [0.717, 1.165) is 48.4 Å². The third-order valence-corrected chi connectivity index (χ3v) is 6.12. The van der Waals surface area contributed by atoms with Crippen LogP contribution in [0.2, 0.25) is 0 Å². The predicted octanol–water partition coefficient (Wildman–Crippen LogP) is 2.98. The number of anilines is 1. The second kappa shape index (κ2) is 8.03. The minimum atomic E-state index is -0.737. The van der Waals surface area contributed by atoms with Gasteiger partial charge in [-0.3, -0.25) is 4.79 Å². The molecule has 5 nitrogen and oxygen atoms in total. The van der Waals surface area contributed by atoms with Crippen molar-refractivity contribution in [3.8, 4) is 0 Å². The Labute approximate surface area is 166 Å². The van der Waals surface area contributed by atoms with Crippen molar-refractivity contribution in [1.82, 2.24) is 4.90 Å². The number of amides is 1. The molecule has 1 amide bonds. The summed E-state index contributed by atoms with van der Waals surface area (Å²) in [5, 5.41) is 24.4. The van der Waals surface area contributed by atoms with Gasteiger partial charge in [-0.25, -0.2) is 0 Å². The van der Waals surface area contributed by atoms with Crippen LogP contribution in [0.1, 0.15) is 48.5 Å². The number of carbonyl (C=O) groups is 1. The highest BCUT2D eigenvalue weighted by Gasteiger charge is 2.33. The van der Waals surface area contributed by atoms with E-state index >= 15 is 0 Å². The van der Waals surface area contributed by atoms with Crippen molar-refractivity contribution in [3.63, 3.8) is 0 Å². The SMILES string of the molecule is O=C1CCc2cc(C(O)CCN3CCC(O)(c4ccccc4)CC3)ccc2N1. The predicted molar refractivity (Wildman–Crippen MR) is 109 cm³/mol. The lowest BCUT2D eigenvalue weighted by Crippen LogP contribution is -2.43. The molecular weight excluding hydrogens is 352 g/mol. The average molecular weight is 380 g/mol. The monoisotopic (exact) mass is 380 g/mol. The van der Waals surface area contributed by atoms with Crippen molar-refractivity contribution in [2.24, 2.45) is 0 Å². The Bertz CT molecular complexity index is 829. The molecule has 0 radical (unpaired) electrons. The number of rotatable bonds is 5. The summed E-state index contributed by atoms with van der Waals surface area (Å²) in [7, 11) is 0. The van der Waals surface area contributed by atoms with Crippen LogP contribution in [0.15, 0.2) is 48.5 Å². The molecule has 1 fully saturated rings. The molecular formula is C23H28N2O3. The van der Waals surface area contributed by atoms with Gasteiger partial charge in [0.2, 0.25) is 5.91 Å². The van der Waals surface area contributed by atoms with Crippen LogP contribution in [0.4, 0.5) is 5.69 Å². The van der Waals surface area contributed by atoms with E-state index in [9.17, 15) is 15.0 Å². The van der Waals surface area contributed by atoms with Gasteiger partial charge in [0.05, 0.1) is 11.7 Å². The van der Waals surface area contributed by atoms with Crippen LogP contribution < -0.4 is 5.32 Å². The average Bonchev–Trinajstić information content (AvgIpc) is 2.73. The fourth-order valence-electron chi connectivity index (χ4n) is 4.27. The van der Waals surface area contributed by atoms with E-state index in [2.05, 4.69) is 10.2 Å². The second-order valence-electron chi connectivity index (χ2n) is 8.01. The summed E-state index contributed by atoms with van der Waals surface area (Å²) in [5.41, 5.74) is 3.13. The van der Waals surface area contributed by atoms with Crippen LogP contribution in [0.25, 0.3) is 0 Å². The van der Waals surface area contributed by atoms with Gasteiger partial charge in [0.15, 0.2) is 0 Å². The maximum atomic E-state index is 11.5. The lowest BCUT2D eigenvalue weighted by Gasteiger charge is -2.38. The molecule has 5 heteroatoms. The molecule has 1 atom stereocenters. The van der Waals surface area contributed by atoms with Crippen LogP contribution in [0.5, 0.6) is 0 Å². The quantitative estimate of drug-likeness (QED) is 0.746. The summed E-state index contributed by atoms with van der Waals surface area (Å²) in [6.45, 7) is 2.46. The fourth-order valence-corrected chi connectivity index (χ4v) is 4.27. The van der Waals surface area contributed by atoms with E-state index in [1.807, 2.05) is 48.5 Å². The van der Waals surface area contributed by atoms with Gasteiger partial charge in [-0.15, -0.1) is 0 Å². The number of benzene rings is 2. The molecule has 148 valence electrons. The number of hydrogen-bond donors (Lipinski definition) is 3. The van der Waals surface area contributed by atoms with Crippen LogP contribution in [-0.2, 0) is 16.8 Å². The molecule has 2 aromatic carbocycles.